The van der Waals surface area contributed by atoms with E-state index in [9.17, 15) is 4.79 Å². The van der Waals surface area contributed by atoms with Crippen LogP contribution in [0.5, 0.6) is 0 Å². The van der Waals surface area contributed by atoms with Gasteiger partial charge in [0.1, 0.15) is 11.5 Å². The summed E-state index contributed by atoms with van der Waals surface area (Å²) in [6.07, 6.45) is 3.10. The van der Waals surface area contributed by atoms with Gasteiger partial charge >= 0.3 is 0 Å². The van der Waals surface area contributed by atoms with E-state index in [1.807, 2.05) is 23.8 Å². The van der Waals surface area contributed by atoms with Crippen molar-refractivity contribution in [2.24, 2.45) is 0 Å². The lowest BCUT2D eigenvalue weighted by Gasteiger charge is -2.16. The Morgan fingerprint density at radius 1 is 1.47 bits per heavy atom. The van der Waals surface area contributed by atoms with Crippen LogP contribution < -0.4 is 5.32 Å². The second-order valence-corrected chi connectivity index (χ2v) is 4.89. The molecule has 1 amide bonds. The van der Waals surface area contributed by atoms with E-state index < -0.39 is 0 Å². The van der Waals surface area contributed by atoms with E-state index >= 15 is 0 Å². The smallest absolute Gasteiger partial charge is 0.274 e. The second kappa shape index (κ2) is 6.29. The highest BCUT2D eigenvalue weighted by molar-refractivity contribution is 7.07. The van der Waals surface area contributed by atoms with Crippen LogP contribution in [0.15, 0.2) is 29.2 Å². The van der Waals surface area contributed by atoms with Gasteiger partial charge in [-0.2, -0.15) is 11.3 Å². The molecule has 0 radical (unpaired) electrons. The molecule has 0 atom stereocenters. The van der Waals surface area contributed by atoms with Crippen molar-refractivity contribution in [3.63, 3.8) is 0 Å². The molecule has 0 bridgehead atoms. The second-order valence-electron chi connectivity index (χ2n) is 4.11. The Morgan fingerprint density at radius 3 is 3.00 bits per heavy atom. The highest BCUT2D eigenvalue weighted by atomic mass is 32.1. The summed E-state index contributed by atoms with van der Waals surface area (Å²) in [6.45, 7) is 3.30. The molecular formula is C13H16N4OS. The first kappa shape index (κ1) is 13.5. The molecule has 0 saturated heterocycles. The van der Waals surface area contributed by atoms with Crippen molar-refractivity contribution < 1.29 is 4.79 Å². The molecule has 1 N–H and O–H groups in total. The maximum Gasteiger partial charge on any atom is 0.274 e. The fraction of sp³-hybridized carbons (Fsp3) is 0.308. The highest BCUT2D eigenvalue weighted by Gasteiger charge is 2.14. The van der Waals surface area contributed by atoms with Crippen molar-refractivity contribution in [3.05, 3.63) is 40.5 Å². The van der Waals surface area contributed by atoms with Crippen LogP contribution in [-0.2, 0) is 6.54 Å². The quantitative estimate of drug-likeness (QED) is 0.910. The first-order valence-electron chi connectivity index (χ1n) is 6.03. The topological polar surface area (TPSA) is 58.1 Å². The lowest BCUT2D eigenvalue weighted by atomic mass is 10.3. The first-order valence-corrected chi connectivity index (χ1v) is 6.97. The lowest BCUT2D eigenvalue weighted by Crippen LogP contribution is -2.27. The predicted molar refractivity (Wildman–Crippen MR) is 76.3 cm³/mol. The number of anilines is 1. The molecule has 0 saturated carbocycles. The Morgan fingerprint density at radius 2 is 2.32 bits per heavy atom. The van der Waals surface area contributed by atoms with Crippen LogP contribution >= 0.6 is 11.3 Å². The molecule has 2 rings (SSSR count). The third-order valence-corrected chi connectivity index (χ3v) is 3.29. The molecule has 0 aliphatic carbocycles. The number of nitrogens with zero attached hydrogens (tertiary/aromatic N) is 3. The molecule has 2 aromatic rings. The summed E-state index contributed by atoms with van der Waals surface area (Å²) >= 11 is 1.62. The van der Waals surface area contributed by atoms with Crippen LogP contribution in [0.4, 0.5) is 5.82 Å². The van der Waals surface area contributed by atoms with Gasteiger partial charge in [0, 0.05) is 20.1 Å². The molecule has 0 fully saturated rings. The zero-order valence-electron chi connectivity index (χ0n) is 11.0. The summed E-state index contributed by atoms with van der Waals surface area (Å²) in [4.78, 5) is 22.2. The number of carbonyl (C=O) groups excluding carboxylic acids is 1. The number of amides is 1. The number of nitrogens with one attached hydrogen (secondary N) is 1. The van der Waals surface area contributed by atoms with E-state index in [4.69, 9.17) is 0 Å². The summed E-state index contributed by atoms with van der Waals surface area (Å²) in [5.41, 5.74) is 1.48. The van der Waals surface area contributed by atoms with Gasteiger partial charge in [0.25, 0.3) is 5.91 Å². The fourth-order valence-corrected chi connectivity index (χ4v) is 2.32. The molecule has 19 heavy (non-hydrogen) atoms. The zero-order valence-corrected chi connectivity index (χ0v) is 11.8. The van der Waals surface area contributed by atoms with Gasteiger partial charge in [0.2, 0.25) is 0 Å². The van der Waals surface area contributed by atoms with Crippen LogP contribution in [0, 0.1) is 0 Å². The number of aromatic nitrogens is 2. The molecule has 0 spiro atoms. The number of hydrogen-bond donors (Lipinski definition) is 1. The third-order valence-electron chi connectivity index (χ3n) is 2.56. The van der Waals surface area contributed by atoms with Crippen molar-refractivity contribution in [1.29, 1.82) is 0 Å². The van der Waals surface area contributed by atoms with Crippen molar-refractivity contribution in [2.45, 2.75) is 13.5 Å². The minimum Gasteiger partial charge on any atom is -0.369 e. The molecule has 2 aromatic heterocycles. The molecule has 0 aliphatic rings. The maximum atomic E-state index is 12.2. The van der Waals surface area contributed by atoms with Gasteiger partial charge < -0.3 is 10.2 Å². The predicted octanol–water partition coefficient (Wildman–Crippen LogP) is 2.24. The minimum atomic E-state index is -0.126. The van der Waals surface area contributed by atoms with Gasteiger partial charge in [-0.25, -0.2) is 4.98 Å². The number of thiophene rings is 1. The molecule has 5 nitrogen and oxygen atoms in total. The van der Waals surface area contributed by atoms with Crippen LogP contribution in [0.2, 0.25) is 0 Å². The molecular weight excluding hydrogens is 260 g/mol. The van der Waals surface area contributed by atoms with Crippen LogP contribution in [0.1, 0.15) is 23.0 Å². The Kier molecular flexibility index (Phi) is 4.46. The van der Waals surface area contributed by atoms with Gasteiger partial charge in [-0.1, -0.05) is 0 Å². The summed E-state index contributed by atoms with van der Waals surface area (Å²) < 4.78 is 0. The van der Waals surface area contributed by atoms with Gasteiger partial charge in [-0.3, -0.25) is 9.78 Å². The summed E-state index contributed by atoms with van der Waals surface area (Å²) in [7, 11) is 1.77. The third kappa shape index (κ3) is 3.51. The number of carbonyl (C=O) groups is 1. The Hall–Kier alpha value is -1.95. The van der Waals surface area contributed by atoms with E-state index in [1.165, 1.54) is 6.20 Å². The highest BCUT2D eigenvalue weighted by Crippen LogP contribution is 2.11. The average molecular weight is 276 g/mol. The molecule has 0 aromatic carbocycles. The normalized spacial score (nSPS) is 10.2. The summed E-state index contributed by atoms with van der Waals surface area (Å²) in [6, 6.07) is 2.01. The average Bonchev–Trinajstić information content (AvgIpc) is 2.91. The van der Waals surface area contributed by atoms with Crippen LogP contribution in [-0.4, -0.2) is 34.4 Å². The van der Waals surface area contributed by atoms with E-state index in [0.29, 0.717) is 18.1 Å². The Labute approximate surface area is 116 Å². The van der Waals surface area contributed by atoms with E-state index in [-0.39, 0.29) is 5.91 Å². The van der Waals surface area contributed by atoms with Crippen molar-refractivity contribution >= 4 is 23.1 Å². The van der Waals surface area contributed by atoms with Gasteiger partial charge in [-0.05, 0) is 29.3 Å². The number of rotatable bonds is 5. The summed E-state index contributed by atoms with van der Waals surface area (Å²) in [5.74, 6) is 0.496. The van der Waals surface area contributed by atoms with Crippen molar-refractivity contribution in [2.75, 3.05) is 18.9 Å². The van der Waals surface area contributed by atoms with E-state index in [1.54, 1.807) is 29.5 Å². The number of hydrogen-bond acceptors (Lipinski definition) is 5. The molecule has 6 heteroatoms. The maximum absolute atomic E-state index is 12.2. The standard InChI is InChI=1S/C13H16N4OS/c1-3-15-12-7-14-6-11(16-12)13(18)17(2)8-10-4-5-19-9-10/h4-7,9H,3,8H2,1-2H3,(H,15,16). The molecule has 2 heterocycles. The van der Waals surface area contributed by atoms with Gasteiger partial charge in [-0.15, -0.1) is 0 Å². The SMILES string of the molecule is CCNc1cncc(C(=O)N(C)Cc2ccsc2)n1. The van der Waals surface area contributed by atoms with Crippen molar-refractivity contribution in [3.8, 4) is 0 Å². The lowest BCUT2D eigenvalue weighted by molar-refractivity contribution is 0.0779. The zero-order chi connectivity index (χ0) is 13.7. The molecule has 0 unspecified atom stereocenters. The van der Waals surface area contributed by atoms with Crippen molar-refractivity contribution in [1.82, 2.24) is 14.9 Å². The first-order chi connectivity index (χ1) is 9.20. The van der Waals surface area contributed by atoms with Gasteiger partial charge in [0.05, 0.1) is 12.4 Å². The monoisotopic (exact) mass is 276 g/mol. The molecule has 100 valence electrons. The Bertz CT molecular complexity index is 541. The Balaban J connectivity index is 2.08. The van der Waals surface area contributed by atoms with Crippen LogP contribution in [0.25, 0.3) is 0 Å². The fourth-order valence-electron chi connectivity index (χ4n) is 1.66. The van der Waals surface area contributed by atoms with E-state index in [0.717, 1.165) is 12.1 Å². The largest absolute Gasteiger partial charge is 0.369 e. The summed E-state index contributed by atoms with van der Waals surface area (Å²) in [5, 5.41) is 7.08. The van der Waals surface area contributed by atoms with Crippen LogP contribution in [0.3, 0.4) is 0 Å². The minimum absolute atomic E-state index is 0.126. The molecule has 0 aliphatic heterocycles. The van der Waals surface area contributed by atoms with Gasteiger partial charge in [0.15, 0.2) is 0 Å². The van der Waals surface area contributed by atoms with E-state index in [2.05, 4.69) is 15.3 Å².